The summed E-state index contributed by atoms with van der Waals surface area (Å²) in [6, 6.07) is 7.83. The van der Waals surface area contributed by atoms with Crippen molar-refractivity contribution in [1.82, 2.24) is 19.0 Å². The van der Waals surface area contributed by atoms with Crippen LogP contribution in [0.4, 0.5) is 0 Å². The number of carbonyl (C=O) groups is 1. The minimum Gasteiger partial charge on any atom is -0.336 e. The lowest BCUT2D eigenvalue weighted by molar-refractivity contribution is -0.138. The molecule has 3 aliphatic heterocycles. The molecule has 0 N–H and O–H groups in total. The van der Waals surface area contributed by atoms with Gasteiger partial charge in [-0.2, -0.15) is 4.31 Å². The van der Waals surface area contributed by atoms with Gasteiger partial charge in [0, 0.05) is 51.4 Å². The van der Waals surface area contributed by atoms with Gasteiger partial charge in [-0.15, -0.1) is 0 Å². The second kappa shape index (κ2) is 8.94. The molecule has 3 aliphatic rings. The Bertz CT molecular complexity index is 850. The normalized spacial score (nSPS) is 26.7. The van der Waals surface area contributed by atoms with E-state index >= 15 is 0 Å². The number of amides is 1. The first-order chi connectivity index (χ1) is 14.4. The maximum Gasteiger partial charge on any atom is 0.243 e. The molecule has 0 saturated carbocycles. The van der Waals surface area contributed by atoms with E-state index in [9.17, 15) is 13.2 Å². The van der Waals surface area contributed by atoms with Crippen molar-refractivity contribution in [3.8, 4) is 0 Å². The van der Waals surface area contributed by atoms with Crippen molar-refractivity contribution in [2.24, 2.45) is 0 Å². The molecule has 3 fully saturated rings. The molecule has 30 heavy (non-hydrogen) atoms. The molecule has 0 radical (unpaired) electrons. The highest BCUT2D eigenvalue weighted by Gasteiger charge is 2.38. The summed E-state index contributed by atoms with van der Waals surface area (Å²) in [5.41, 5.74) is 1.04. The molecule has 8 heteroatoms. The highest BCUT2D eigenvalue weighted by molar-refractivity contribution is 7.89. The molecule has 0 bridgehead atoms. The predicted molar refractivity (Wildman–Crippen MR) is 117 cm³/mol. The van der Waals surface area contributed by atoms with Crippen LogP contribution in [0.2, 0.25) is 0 Å². The Hall–Kier alpha value is -1.48. The molecule has 3 saturated heterocycles. The van der Waals surface area contributed by atoms with Gasteiger partial charge in [-0.25, -0.2) is 8.42 Å². The fraction of sp³-hybridized carbons (Fsp3) is 0.682. The number of nitrogens with zero attached hydrogens (tertiary/aromatic N) is 4. The number of carbonyl (C=O) groups excluding carboxylic acids is 1. The van der Waals surface area contributed by atoms with Gasteiger partial charge in [0.05, 0.1) is 11.4 Å². The van der Waals surface area contributed by atoms with E-state index in [1.165, 1.54) is 19.4 Å². The second-order valence-electron chi connectivity index (χ2n) is 8.89. The highest BCUT2D eigenvalue weighted by Crippen LogP contribution is 2.26. The third-order valence-corrected chi connectivity index (χ3v) is 8.85. The van der Waals surface area contributed by atoms with Crippen LogP contribution in [0.5, 0.6) is 0 Å². The van der Waals surface area contributed by atoms with Gasteiger partial charge in [0.25, 0.3) is 0 Å². The molecule has 0 aliphatic carbocycles. The largest absolute Gasteiger partial charge is 0.336 e. The van der Waals surface area contributed by atoms with Crippen molar-refractivity contribution in [2.75, 3.05) is 52.4 Å². The van der Waals surface area contributed by atoms with E-state index in [0.29, 0.717) is 49.7 Å². The molecule has 0 spiro atoms. The molecule has 3 heterocycles. The number of aryl methyl sites for hydroxylation is 1. The van der Waals surface area contributed by atoms with E-state index in [2.05, 4.69) is 21.6 Å². The standard InChI is InChI=1S/C22H34N4O3S/c1-3-19-15-24-10-4-5-20(24)16-26(19)22(27)17-23-11-13-25(14-12-23)30(28,29)21-8-6-18(2)7-9-21/h6-9,19-20H,3-5,10-17H2,1-2H3/t19-,20-/m0/s1. The average molecular weight is 435 g/mol. The highest BCUT2D eigenvalue weighted by atomic mass is 32.2. The third-order valence-electron chi connectivity index (χ3n) is 6.93. The summed E-state index contributed by atoms with van der Waals surface area (Å²) < 4.78 is 27.3. The number of piperazine rings is 2. The van der Waals surface area contributed by atoms with Crippen molar-refractivity contribution in [3.05, 3.63) is 29.8 Å². The molecule has 1 aromatic carbocycles. The van der Waals surface area contributed by atoms with Crippen LogP contribution in [0.3, 0.4) is 0 Å². The summed E-state index contributed by atoms with van der Waals surface area (Å²) in [6.45, 7) is 9.55. The maximum absolute atomic E-state index is 13.1. The minimum absolute atomic E-state index is 0.197. The number of rotatable bonds is 5. The van der Waals surface area contributed by atoms with Crippen molar-refractivity contribution in [2.45, 2.75) is 50.1 Å². The zero-order valence-corrected chi connectivity index (χ0v) is 19.0. The summed E-state index contributed by atoms with van der Waals surface area (Å²) >= 11 is 0. The van der Waals surface area contributed by atoms with Crippen LogP contribution in [0, 0.1) is 6.92 Å². The van der Waals surface area contributed by atoms with Crippen molar-refractivity contribution < 1.29 is 13.2 Å². The lowest BCUT2D eigenvalue weighted by Gasteiger charge is -2.44. The lowest BCUT2D eigenvalue weighted by Crippen LogP contribution is -2.60. The summed E-state index contributed by atoms with van der Waals surface area (Å²) in [5.74, 6) is 0.197. The van der Waals surface area contributed by atoms with Crippen LogP contribution >= 0.6 is 0 Å². The van der Waals surface area contributed by atoms with Gasteiger partial charge in [0.15, 0.2) is 0 Å². The molecule has 1 amide bonds. The number of fused-ring (bicyclic) bond motifs is 1. The number of benzene rings is 1. The first-order valence-corrected chi connectivity index (χ1v) is 12.6. The van der Waals surface area contributed by atoms with E-state index in [4.69, 9.17) is 0 Å². The van der Waals surface area contributed by atoms with Gasteiger partial charge in [0.1, 0.15) is 0 Å². The Labute approximate surface area is 180 Å². The first-order valence-electron chi connectivity index (χ1n) is 11.2. The van der Waals surface area contributed by atoms with Gasteiger partial charge < -0.3 is 4.90 Å². The van der Waals surface area contributed by atoms with Gasteiger partial charge in [-0.3, -0.25) is 14.6 Å². The van der Waals surface area contributed by atoms with Crippen molar-refractivity contribution in [1.29, 1.82) is 0 Å². The summed E-state index contributed by atoms with van der Waals surface area (Å²) in [5, 5.41) is 0. The molecule has 2 atom stereocenters. The summed E-state index contributed by atoms with van der Waals surface area (Å²) in [7, 11) is -3.47. The Morgan fingerprint density at radius 2 is 1.73 bits per heavy atom. The number of sulfonamides is 1. The van der Waals surface area contributed by atoms with E-state index in [0.717, 1.165) is 25.1 Å². The minimum atomic E-state index is -3.47. The van der Waals surface area contributed by atoms with Crippen LogP contribution < -0.4 is 0 Å². The van der Waals surface area contributed by atoms with E-state index in [-0.39, 0.29) is 5.91 Å². The Balaban J connectivity index is 1.33. The van der Waals surface area contributed by atoms with E-state index < -0.39 is 10.0 Å². The molecule has 7 nitrogen and oxygen atoms in total. The Kier molecular flexibility index (Phi) is 6.48. The number of hydrogen-bond acceptors (Lipinski definition) is 5. The predicted octanol–water partition coefficient (Wildman–Crippen LogP) is 1.39. The van der Waals surface area contributed by atoms with Gasteiger partial charge in [-0.05, 0) is 44.9 Å². The molecule has 166 valence electrons. The topological polar surface area (TPSA) is 64.2 Å². The fourth-order valence-electron chi connectivity index (χ4n) is 5.01. The Morgan fingerprint density at radius 3 is 2.40 bits per heavy atom. The van der Waals surface area contributed by atoms with E-state index in [1.807, 2.05) is 19.1 Å². The van der Waals surface area contributed by atoms with Crippen LogP contribution in [-0.2, 0) is 14.8 Å². The van der Waals surface area contributed by atoms with Crippen LogP contribution in [0.15, 0.2) is 29.2 Å². The van der Waals surface area contributed by atoms with Crippen molar-refractivity contribution in [3.63, 3.8) is 0 Å². The summed E-state index contributed by atoms with van der Waals surface area (Å²) in [4.78, 5) is 20.2. The molecule has 4 rings (SSSR count). The molecule has 0 unspecified atom stereocenters. The summed E-state index contributed by atoms with van der Waals surface area (Å²) in [6.07, 6.45) is 3.41. The maximum atomic E-state index is 13.1. The van der Waals surface area contributed by atoms with Crippen LogP contribution in [0.25, 0.3) is 0 Å². The fourth-order valence-corrected chi connectivity index (χ4v) is 6.43. The van der Waals surface area contributed by atoms with Gasteiger partial charge >= 0.3 is 0 Å². The zero-order valence-electron chi connectivity index (χ0n) is 18.2. The number of hydrogen-bond donors (Lipinski definition) is 0. The van der Waals surface area contributed by atoms with Gasteiger partial charge in [0.2, 0.25) is 15.9 Å². The van der Waals surface area contributed by atoms with Gasteiger partial charge in [-0.1, -0.05) is 24.6 Å². The average Bonchev–Trinajstić information content (AvgIpc) is 3.21. The smallest absolute Gasteiger partial charge is 0.243 e. The molecular weight excluding hydrogens is 400 g/mol. The van der Waals surface area contributed by atoms with E-state index in [1.54, 1.807) is 16.4 Å². The molecular formula is C22H34N4O3S. The monoisotopic (exact) mass is 434 g/mol. The third kappa shape index (κ3) is 4.42. The lowest BCUT2D eigenvalue weighted by atomic mass is 10.0. The van der Waals surface area contributed by atoms with Crippen LogP contribution in [0.1, 0.15) is 31.7 Å². The van der Waals surface area contributed by atoms with Crippen molar-refractivity contribution >= 4 is 15.9 Å². The zero-order chi connectivity index (χ0) is 21.3. The second-order valence-corrected chi connectivity index (χ2v) is 10.8. The Morgan fingerprint density at radius 1 is 1.03 bits per heavy atom. The quantitative estimate of drug-likeness (QED) is 0.701. The SMILES string of the molecule is CC[C@H]1CN2CCC[C@H]2CN1C(=O)CN1CCN(S(=O)(=O)c2ccc(C)cc2)CC1. The molecule has 1 aromatic rings. The first kappa shape index (κ1) is 21.7. The molecule has 0 aromatic heterocycles. The van der Waals surface area contributed by atoms with Crippen LogP contribution in [-0.4, -0.2) is 97.8 Å².